The van der Waals surface area contributed by atoms with Crippen molar-refractivity contribution in [3.8, 4) is 0 Å². The minimum absolute atomic E-state index is 0.373. The molecule has 16 heavy (non-hydrogen) atoms. The molecular weight excluding hydrogens is 196 g/mol. The summed E-state index contributed by atoms with van der Waals surface area (Å²) in [6, 6.07) is 10.6. The lowest BCUT2D eigenvalue weighted by Crippen LogP contribution is -2.18. The second kappa shape index (κ2) is 5.83. The average Bonchev–Trinajstić information content (AvgIpc) is 2.33. The summed E-state index contributed by atoms with van der Waals surface area (Å²) in [4.78, 5) is 11.6. The quantitative estimate of drug-likeness (QED) is 0.748. The molecule has 86 valence electrons. The van der Waals surface area contributed by atoms with Gasteiger partial charge in [-0.3, -0.25) is 4.79 Å². The number of rotatable bonds is 4. The number of aryl methyl sites for hydroxylation is 1. The molecule has 0 spiro atoms. The monoisotopic (exact) mass is 216 g/mol. The summed E-state index contributed by atoms with van der Waals surface area (Å²) in [5, 5.41) is 0. The maximum Gasteiger partial charge on any atom is 0.135 e. The van der Waals surface area contributed by atoms with Gasteiger partial charge in [-0.2, -0.15) is 0 Å². The van der Waals surface area contributed by atoms with Crippen LogP contribution in [-0.4, -0.2) is 5.78 Å². The Morgan fingerprint density at radius 2 is 1.94 bits per heavy atom. The van der Waals surface area contributed by atoms with Crippen LogP contribution in [0.3, 0.4) is 0 Å². The second-order valence-corrected chi connectivity index (χ2v) is 4.79. The zero-order valence-electron chi connectivity index (χ0n) is 9.82. The predicted molar refractivity (Wildman–Crippen MR) is 66.3 cm³/mol. The molecule has 1 aliphatic carbocycles. The van der Waals surface area contributed by atoms with E-state index in [1.807, 2.05) is 6.07 Å². The Balaban J connectivity index is 1.73. The Labute approximate surface area is 97.9 Å². The number of ketones is 1. The molecule has 1 aromatic carbocycles. The first kappa shape index (κ1) is 11.4. The zero-order chi connectivity index (χ0) is 11.2. The van der Waals surface area contributed by atoms with Gasteiger partial charge in [0.1, 0.15) is 5.78 Å². The van der Waals surface area contributed by atoms with E-state index in [0.29, 0.717) is 11.7 Å². The maximum absolute atomic E-state index is 11.6. The van der Waals surface area contributed by atoms with E-state index in [4.69, 9.17) is 0 Å². The van der Waals surface area contributed by atoms with Crippen molar-refractivity contribution >= 4 is 5.78 Å². The van der Waals surface area contributed by atoms with Crippen molar-refractivity contribution in [1.82, 2.24) is 0 Å². The lowest BCUT2D eigenvalue weighted by atomic mass is 9.84. The molecule has 1 aliphatic rings. The first-order chi connectivity index (χ1) is 7.86. The lowest BCUT2D eigenvalue weighted by Gasteiger charge is -2.20. The number of hydrogen-bond donors (Lipinski definition) is 0. The van der Waals surface area contributed by atoms with E-state index in [0.717, 1.165) is 38.5 Å². The van der Waals surface area contributed by atoms with Gasteiger partial charge in [0.15, 0.2) is 0 Å². The van der Waals surface area contributed by atoms with E-state index in [1.165, 1.54) is 12.0 Å². The van der Waals surface area contributed by atoms with E-state index in [1.54, 1.807) is 0 Å². The average molecular weight is 216 g/mol. The Morgan fingerprint density at radius 3 is 2.69 bits per heavy atom. The molecule has 0 radical (unpaired) electrons. The van der Waals surface area contributed by atoms with Crippen LogP contribution < -0.4 is 0 Å². The Hall–Kier alpha value is -1.11. The maximum atomic E-state index is 11.6. The number of carbonyl (C=O) groups is 1. The van der Waals surface area contributed by atoms with Crippen molar-refractivity contribution < 1.29 is 4.79 Å². The van der Waals surface area contributed by atoms with Gasteiger partial charge in [0, 0.05) is 12.3 Å². The molecule has 1 fully saturated rings. The molecule has 1 unspecified atom stereocenters. The molecule has 1 nitrogen and oxygen atoms in total. The molecule has 0 saturated heterocycles. The normalized spacial score (nSPS) is 21.0. The topological polar surface area (TPSA) is 17.1 Å². The van der Waals surface area contributed by atoms with Crippen LogP contribution in [0.1, 0.15) is 44.1 Å². The Kier molecular flexibility index (Phi) is 4.15. The van der Waals surface area contributed by atoms with Crippen molar-refractivity contribution in [2.45, 2.75) is 44.9 Å². The fraction of sp³-hybridized carbons (Fsp3) is 0.533. The lowest BCUT2D eigenvalue weighted by molar-refractivity contribution is -0.124. The van der Waals surface area contributed by atoms with E-state index >= 15 is 0 Å². The second-order valence-electron chi connectivity index (χ2n) is 4.79. The van der Waals surface area contributed by atoms with Gasteiger partial charge in [-0.25, -0.2) is 0 Å². The molecule has 1 atom stereocenters. The molecule has 1 aromatic rings. The van der Waals surface area contributed by atoms with Crippen LogP contribution >= 0.6 is 0 Å². The van der Waals surface area contributed by atoms with Gasteiger partial charge in [0.05, 0.1) is 0 Å². The first-order valence-electron chi connectivity index (χ1n) is 6.43. The number of benzene rings is 1. The molecule has 0 N–H and O–H groups in total. The third-order valence-electron chi connectivity index (χ3n) is 3.54. The van der Waals surface area contributed by atoms with Crippen LogP contribution in [0, 0.1) is 5.92 Å². The van der Waals surface area contributed by atoms with Crippen LogP contribution in [0.2, 0.25) is 0 Å². The van der Waals surface area contributed by atoms with Gasteiger partial charge in [0.2, 0.25) is 0 Å². The van der Waals surface area contributed by atoms with Crippen LogP contribution in [0.15, 0.2) is 30.3 Å². The zero-order valence-corrected chi connectivity index (χ0v) is 9.82. The third kappa shape index (κ3) is 3.19. The van der Waals surface area contributed by atoms with E-state index < -0.39 is 0 Å². The Morgan fingerprint density at radius 1 is 1.12 bits per heavy atom. The van der Waals surface area contributed by atoms with Gasteiger partial charge in [-0.1, -0.05) is 36.8 Å². The highest BCUT2D eigenvalue weighted by atomic mass is 16.1. The molecule has 2 rings (SSSR count). The van der Waals surface area contributed by atoms with Crippen molar-refractivity contribution in [1.29, 1.82) is 0 Å². The first-order valence-corrected chi connectivity index (χ1v) is 6.43. The largest absolute Gasteiger partial charge is 0.299 e. The molecular formula is C15H20O. The van der Waals surface area contributed by atoms with E-state index in [-0.39, 0.29) is 0 Å². The number of hydrogen-bond acceptors (Lipinski definition) is 1. The van der Waals surface area contributed by atoms with E-state index in [2.05, 4.69) is 24.3 Å². The molecule has 1 heteroatoms. The smallest absolute Gasteiger partial charge is 0.135 e. The minimum Gasteiger partial charge on any atom is -0.299 e. The summed E-state index contributed by atoms with van der Waals surface area (Å²) in [5.74, 6) is 0.886. The molecule has 0 amide bonds. The summed E-state index contributed by atoms with van der Waals surface area (Å²) >= 11 is 0. The molecule has 0 heterocycles. The highest BCUT2D eigenvalue weighted by Crippen LogP contribution is 2.25. The van der Waals surface area contributed by atoms with E-state index in [9.17, 15) is 4.79 Å². The van der Waals surface area contributed by atoms with Crippen molar-refractivity contribution in [2.75, 3.05) is 0 Å². The summed E-state index contributed by atoms with van der Waals surface area (Å²) < 4.78 is 0. The predicted octanol–water partition coefficient (Wildman–Crippen LogP) is 3.77. The van der Waals surface area contributed by atoms with Gasteiger partial charge in [-0.05, 0) is 37.7 Å². The summed E-state index contributed by atoms with van der Waals surface area (Å²) in [5.41, 5.74) is 1.39. The molecule has 1 saturated carbocycles. The highest BCUT2D eigenvalue weighted by molar-refractivity contribution is 5.81. The van der Waals surface area contributed by atoms with Crippen LogP contribution in [0.5, 0.6) is 0 Å². The van der Waals surface area contributed by atoms with Crippen LogP contribution in [0.25, 0.3) is 0 Å². The number of Topliss-reactive ketones (excluding diaryl/α,β-unsaturated/α-hetero) is 1. The minimum atomic E-state index is 0.373. The van der Waals surface area contributed by atoms with Crippen LogP contribution in [-0.2, 0) is 11.2 Å². The Bertz CT molecular complexity index is 329. The summed E-state index contributed by atoms with van der Waals surface area (Å²) in [7, 11) is 0. The van der Waals surface area contributed by atoms with Crippen molar-refractivity contribution in [3.05, 3.63) is 35.9 Å². The van der Waals surface area contributed by atoms with Gasteiger partial charge < -0.3 is 0 Å². The van der Waals surface area contributed by atoms with Crippen LogP contribution in [0.4, 0.5) is 0 Å². The van der Waals surface area contributed by atoms with Gasteiger partial charge >= 0.3 is 0 Å². The number of carbonyl (C=O) groups excluding carboxylic acids is 1. The fourth-order valence-corrected chi connectivity index (χ4v) is 2.56. The SMILES string of the molecule is O=C1CCCCC1CCCc1ccccc1. The summed E-state index contributed by atoms with van der Waals surface area (Å²) in [6.45, 7) is 0. The van der Waals surface area contributed by atoms with Crippen molar-refractivity contribution in [3.63, 3.8) is 0 Å². The fourth-order valence-electron chi connectivity index (χ4n) is 2.56. The molecule has 0 aliphatic heterocycles. The third-order valence-corrected chi connectivity index (χ3v) is 3.54. The van der Waals surface area contributed by atoms with Gasteiger partial charge in [-0.15, -0.1) is 0 Å². The standard InChI is InChI=1S/C15H20O/c16-15-12-5-4-10-14(15)11-6-9-13-7-2-1-3-8-13/h1-3,7-8,14H,4-6,9-12H2. The van der Waals surface area contributed by atoms with Gasteiger partial charge in [0.25, 0.3) is 0 Å². The van der Waals surface area contributed by atoms with Crippen molar-refractivity contribution in [2.24, 2.45) is 5.92 Å². The molecule has 0 aromatic heterocycles. The highest BCUT2D eigenvalue weighted by Gasteiger charge is 2.21. The summed E-state index contributed by atoms with van der Waals surface area (Å²) in [6.07, 6.45) is 7.69. The molecule has 0 bridgehead atoms.